The van der Waals surface area contributed by atoms with Gasteiger partial charge in [0.2, 0.25) is 0 Å². The van der Waals surface area contributed by atoms with Crippen LogP contribution in [0.5, 0.6) is 5.75 Å². The van der Waals surface area contributed by atoms with E-state index in [4.69, 9.17) is 21.4 Å². The molecule has 0 saturated carbocycles. The molecule has 1 unspecified atom stereocenters. The Balaban J connectivity index is 0.00000166. The van der Waals surface area contributed by atoms with Crippen molar-refractivity contribution in [3.63, 3.8) is 0 Å². The average molecular weight is 457 g/mol. The molecule has 1 aliphatic rings. The maximum absolute atomic E-state index is 13.6. The van der Waals surface area contributed by atoms with Crippen molar-refractivity contribution in [2.45, 2.75) is 19.0 Å². The molecule has 1 aromatic heterocycles. The number of nitrogens with zero attached hydrogens (tertiary/aromatic N) is 3. The van der Waals surface area contributed by atoms with Gasteiger partial charge in [-0.1, -0.05) is 23.7 Å². The lowest BCUT2D eigenvalue weighted by Crippen LogP contribution is -2.47. The number of alkyl halides is 2. The van der Waals surface area contributed by atoms with E-state index in [0.717, 1.165) is 4.90 Å². The van der Waals surface area contributed by atoms with Gasteiger partial charge in [-0.2, -0.15) is 5.10 Å². The van der Waals surface area contributed by atoms with Crippen LogP contribution in [-0.4, -0.2) is 64.6 Å². The molecule has 1 atom stereocenters. The normalized spacial score (nSPS) is 13.9. The largest absolute Gasteiger partial charge is 0.458 e. The van der Waals surface area contributed by atoms with Gasteiger partial charge in [0.1, 0.15) is 24.2 Å². The zero-order valence-electron chi connectivity index (χ0n) is 16.8. The molecule has 2 heterocycles. The number of hydrogen-bond donors (Lipinski definition) is 2. The van der Waals surface area contributed by atoms with Crippen LogP contribution in [-0.2, 0) is 16.1 Å². The average Bonchev–Trinajstić information content (AvgIpc) is 3.36. The first-order chi connectivity index (χ1) is 15.0. The SMILES string of the molecule is CF.O=C(Nc1ccn(CCCO)n1)C(CF)N1CC(Oc2ccccc2Cl)=CC1=O. The van der Waals surface area contributed by atoms with Gasteiger partial charge >= 0.3 is 0 Å². The molecule has 1 aliphatic heterocycles. The van der Waals surface area contributed by atoms with E-state index in [-0.39, 0.29) is 24.7 Å². The second-order valence-corrected chi connectivity index (χ2v) is 6.72. The molecular formula is C20H23ClF2N4O4. The molecule has 1 aromatic carbocycles. The number of nitrogens with one attached hydrogen (secondary N) is 1. The number of aryl methyl sites for hydroxylation is 1. The Morgan fingerprint density at radius 3 is 2.77 bits per heavy atom. The Kier molecular flexibility index (Phi) is 9.41. The molecule has 0 aliphatic carbocycles. The van der Waals surface area contributed by atoms with Crippen LogP contribution in [0.1, 0.15) is 6.42 Å². The van der Waals surface area contributed by atoms with E-state index < -0.39 is 24.5 Å². The number of hydrogen-bond acceptors (Lipinski definition) is 5. The van der Waals surface area contributed by atoms with E-state index in [2.05, 4.69) is 10.4 Å². The first kappa shape index (κ1) is 24.3. The fraction of sp³-hybridized carbons (Fsp3) is 0.350. The van der Waals surface area contributed by atoms with Crippen molar-refractivity contribution in [1.29, 1.82) is 0 Å². The second kappa shape index (κ2) is 12.0. The minimum atomic E-state index is -1.33. The quantitative estimate of drug-likeness (QED) is 0.604. The molecule has 2 aromatic rings. The lowest BCUT2D eigenvalue weighted by Gasteiger charge is -2.24. The number of carbonyl (C=O) groups is 2. The highest BCUT2D eigenvalue weighted by Crippen LogP contribution is 2.27. The highest BCUT2D eigenvalue weighted by atomic mass is 35.5. The Labute approximate surface area is 183 Å². The van der Waals surface area contributed by atoms with Crippen LogP contribution in [0.15, 0.2) is 48.4 Å². The van der Waals surface area contributed by atoms with Crippen molar-refractivity contribution in [1.82, 2.24) is 14.7 Å². The fourth-order valence-corrected chi connectivity index (χ4v) is 2.97. The van der Waals surface area contributed by atoms with Crippen LogP contribution >= 0.6 is 11.6 Å². The first-order valence-corrected chi connectivity index (χ1v) is 9.72. The summed E-state index contributed by atoms with van der Waals surface area (Å²) in [4.78, 5) is 25.9. The topological polar surface area (TPSA) is 96.7 Å². The lowest BCUT2D eigenvalue weighted by atomic mass is 10.2. The minimum absolute atomic E-state index is 0.0220. The van der Waals surface area contributed by atoms with Crippen molar-refractivity contribution >= 4 is 29.2 Å². The predicted octanol–water partition coefficient (Wildman–Crippen LogP) is 2.59. The summed E-state index contributed by atoms with van der Waals surface area (Å²) in [7, 11) is 0.500. The molecule has 2 amide bonds. The Hall–Kier alpha value is -2.98. The number of benzene rings is 1. The lowest BCUT2D eigenvalue weighted by molar-refractivity contribution is -0.133. The number of rotatable bonds is 9. The summed E-state index contributed by atoms with van der Waals surface area (Å²) in [6.07, 6.45) is 3.36. The minimum Gasteiger partial charge on any atom is -0.458 e. The monoisotopic (exact) mass is 456 g/mol. The Morgan fingerprint density at radius 1 is 1.35 bits per heavy atom. The molecule has 0 bridgehead atoms. The number of para-hydroxylation sites is 1. The molecular weight excluding hydrogens is 434 g/mol. The molecule has 0 fully saturated rings. The van der Waals surface area contributed by atoms with Gasteiger partial charge < -0.3 is 20.1 Å². The number of halogens is 3. The maximum atomic E-state index is 13.6. The zero-order chi connectivity index (χ0) is 22.8. The van der Waals surface area contributed by atoms with E-state index >= 15 is 0 Å². The van der Waals surface area contributed by atoms with Gasteiger partial charge in [0.25, 0.3) is 11.8 Å². The van der Waals surface area contributed by atoms with Crippen molar-refractivity contribution in [2.75, 3.05) is 32.3 Å². The van der Waals surface area contributed by atoms with Crippen molar-refractivity contribution in [3.05, 3.63) is 53.4 Å². The van der Waals surface area contributed by atoms with Gasteiger partial charge in [0, 0.05) is 31.5 Å². The van der Waals surface area contributed by atoms with Crippen LogP contribution in [0.2, 0.25) is 5.02 Å². The third-order valence-electron chi connectivity index (χ3n) is 4.23. The Morgan fingerprint density at radius 2 is 2.10 bits per heavy atom. The number of anilines is 1. The van der Waals surface area contributed by atoms with Crippen LogP contribution < -0.4 is 10.1 Å². The van der Waals surface area contributed by atoms with Crippen LogP contribution in [0, 0.1) is 0 Å². The number of aromatic nitrogens is 2. The highest BCUT2D eigenvalue weighted by molar-refractivity contribution is 6.32. The molecule has 3 rings (SSSR count). The van der Waals surface area contributed by atoms with E-state index in [1.807, 2.05) is 0 Å². The third kappa shape index (κ3) is 6.50. The molecule has 11 heteroatoms. The summed E-state index contributed by atoms with van der Waals surface area (Å²) in [5.41, 5.74) is 0. The molecule has 8 nitrogen and oxygen atoms in total. The van der Waals surface area contributed by atoms with Crippen LogP contribution in [0.25, 0.3) is 0 Å². The summed E-state index contributed by atoms with van der Waals surface area (Å²) in [5.74, 6) is -0.357. The van der Waals surface area contributed by atoms with Crippen LogP contribution in [0.4, 0.5) is 14.6 Å². The number of aliphatic hydroxyl groups excluding tert-OH is 1. The highest BCUT2D eigenvalue weighted by Gasteiger charge is 2.34. The summed E-state index contributed by atoms with van der Waals surface area (Å²) >= 11 is 6.04. The summed E-state index contributed by atoms with van der Waals surface area (Å²) in [5, 5.41) is 15.9. The van der Waals surface area contributed by atoms with Gasteiger partial charge in [-0.3, -0.25) is 18.7 Å². The van der Waals surface area contributed by atoms with E-state index in [0.29, 0.717) is 30.9 Å². The van der Waals surface area contributed by atoms with E-state index in [1.54, 1.807) is 41.2 Å². The smallest absolute Gasteiger partial charge is 0.251 e. The van der Waals surface area contributed by atoms with E-state index in [9.17, 15) is 18.4 Å². The standard InChI is InChI=1S/C19H20ClFN4O4.CH3F/c20-14-4-1-2-5-16(14)29-13-10-18(27)25(12-13)15(11-21)19(28)22-17-6-8-24(23-17)7-3-9-26;1-2/h1-2,4-6,8,10,15,26H,3,7,9,11-12H2,(H,22,23,28);1H3. The third-order valence-corrected chi connectivity index (χ3v) is 4.55. The summed E-state index contributed by atoms with van der Waals surface area (Å²) < 4.78 is 30.3. The maximum Gasteiger partial charge on any atom is 0.251 e. The molecule has 168 valence electrons. The van der Waals surface area contributed by atoms with Gasteiger partial charge in [-0.15, -0.1) is 0 Å². The van der Waals surface area contributed by atoms with E-state index in [1.165, 1.54) is 6.08 Å². The Bertz CT molecular complexity index is 922. The zero-order valence-corrected chi connectivity index (χ0v) is 17.6. The molecule has 0 spiro atoms. The fourth-order valence-electron chi connectivity index (χ4n) is 2.80. The summed E-state index contributed by atoms with van der Waals surface area (Å²) in [6.45, 7) is -0.614. The molecule has 0 saturated heterocycles. The number of ether oxygens (including phenoxy) is 1. The molecule has 2 N–H and O–H groups in total. The van der Waals surface area contributed by atoms with Crippen molar-refractivity contribution in [3.8, 4) is 5.75 Å². The number of aliphatic hydroxyl groups is 1. The summed E-state index contributed by atoms with van der Waals surface area (Å²) in [6, 6.07) is 6.99. The first-order valence-electron chi connectivity index (χ1n) is 9.34. The number of amides is 2. The molecule has 0 radical (unpaired) electrons. The van der Waals surface area contributed by atoms with Crippen LogP contribution in [0.3, 0.4) is 0 Å². The van der Waals surface area contributed by atoms with Gasteiger partial charge in [0.05, 0.1) is 18.7 Å². The van der Waals surface area contributed by atoms with Gasteiger partial charge in [-0.25, -0.2) is 4.39 Å². The second-order valence-electron chi connectivity index (χ2n) is 6.31. The van der Waals surface area contributed by atoms with Gasteiger partial charge in [-0.05, 0) is 18.6 Å². The predicted molar refractivity (Wildman–Crippen MR) is 111 cm³/mol. The number of carbonyl (C=O) groups excluding carboxylic acids is 2. The van der Waals surface area contributed by atoms with Crippen molar-refractivity contribution in [2.24, 2.45) is 0 Å². The molecule has 31 heavy (non-hydrogen) atoms. The van der Waals surface area contributed by atoms with Gasteiger partial charge in [0.15, 0.2) is 5.82 Å². The van der Waals surface area contributed by atoms with Crippen molar-refractivity contribution < 1.29 is 28.2 Å².